The first-order valence-corrected chi connectivity index (χ1v) is 2.42. The van der Waals surface area contributed by atoms with Gasteiger partial charge in [-0.15, -0.1) is 0 Å². The van der Waals surface area contributed by atoms with Crippen LogP contribution in [0.25, 0.3) is 0 Å². The van der Waals surface area contributed by atoms with E-state index >= 15 is 0 Å². The predicted molar refractivity (Wildman–Crippen MR) is 29.2 cm³/mol. The molecule has 0 atom stereocenters. The van der Waals surface area contributed by atoms with Gasteiger partial charge < -0.3 is 5.11 Å². The maximum absolute atomic E-state index is 9.74. The van der Waals surface area contributed by atoms with Gasteiger partial charge in [-0.3, -0.25) is 4.79 Å². The summed E-state index contributed by atoms with van der Waals surface area (Å²) in [6, 6.07) is 0. The standard InChI is InChI=1S/C3H6BrNO2/c1-5(4)2-3(6)7/h2H2,1H3,(H,6,7). The number of hydrogen-bond acceptors (Lipinski definition) is 2. The highest BCUT2D eigenvalue weighted by Gasteiger charge is 1.96. The van der Waals surface area contributed by atoms with Crippen LogP contribution in [0.4, 0.5) is 0 Å². The molecule has 0 rings (SSSR count). The molecule has 0 amide bonds. The Balaban J connectivity index is 3.13. The lowest BCUT2D eigenvalue weighted by Crippen LogP contribution is -2.15. The number of aliphatic carboxylic acids is 1. The van der Waals surface area contributed by atoms with Crippen LogP contribution in [0.1, 0.15) is 0 Å². The van der Waals surface area contributed by atoms with Gasteiger partial charge in [-0.25, -0.2) is 3.93 Å². The Labute approximate surface area is 50.3 Å². The van der Waals surface area contributed by atoms with Crippen molar-refractivity contribution in [3.05, 3.63) is 0 Å². The highest BCUT2D eigenvalue weighted by atomic mass is 79.9. The lowest BCUT2D eigenvalue weighted by Gasteiger charge is -1.98. The summed E-state index contributed by atoms with van der Waals surface area (Å²) in [5.41, 5.74) is 0. The topological polar surface area (TPSA) is 40.5 Å². The molecule has 0 spiro atoms. The Morgan fingerprint density at radius 3 is 2.43 bits per heavy atom. The zero-order valence-corrected chi connectivity index (χ0v) is 5.47. The average molecular weight is 168 g/mol. The number of carboxylic acid groups (broad SMARTS) is 1. The third-order valence-electron chi connectivity index (χ3n) is 0.353. The minimum absolute atomic E-state index is 0.0278. The molecule has 0 heterocycles. The molecule has 0 aromatic rings. The van der Waals surface area contributed by atoms with E-state index < -0.39 is 5.97 Å². The molecule has 42 valence electrons. The molecule has 1 N–H and O–H groups in total. The van der Waals surface area contributed by atoms with Crippen LogP contribution in [0.3, 0.4) is 0 Å². The normalized spacial score (nSPS) is 9.57. The lowest BCUT2D eigenvalue weighted by molar-refractivity contribution is -0.136. The van der Waals surface area contributed by atoms with Gasteiger partial charge in [0, 0.05) is 16.1 Å². The van der Waals surface area contributed by atoms with Crippen LogP contribution in [-0.2, 0) is 4.79 Å². The third kappa shape index (κ3) is 5.91. The van der Waals surface area contributed by atoms with Gasteiger partial charge in [-0.1, -0.05) is 0 Å². The van der Waals surface area contributed by atoms with Gasteiger partial charge >= 0.3 is 5.97 Å². The number of nitrogens with zero attached hydrogens (tertiary/aromatic N) is 1. The van der Waals surface area contributed by atoms with Crippen LogP contribution in [0.15, 0.2) is 0 Å². The van der Waals surface area contributed by atoms with E-state index in [1.807, 2.05) is 0 Å². The van der Waals surface area contributed by atoms with Gasteiger partial charge in [-0.2, -0.15) is 0 Å². The third-order valence-corrected chi connectivity index (χ3v) is 0.604. The molecular weight excluding hydrogens is 162 g/mol. The smallest absolute Gasteiger partial charge is 0.318 e. The Morgan fingerprint density at radius 2 is 2.43 bits per heavy atom. The van der Waals surface area contributed by atoms with Crippen molar-refractivity contribution in [2.45, 2.75) is 0 Å². The van der Waals surface area contributed by atoms with Crippen LogP contribution in [0.5, 0.6) is 0 Å². The molecule has 0 unspecified atom stereocenters. The van der Waals surface area contributed by atoms with Crippen LogP contribution in [-0.4, -0.2) is 28.6 Å². The quantitative estimate of drug-likeness (QED) is 0.603. The second-order valence-electron chi connectivity index (χ2n) is 1.16. The van der Waals surface area contributed by atoms with Crippen LogP contribution in [0, 0.1) is 0 Å². The molecule has 0 saturated carbocycles. The molecule has 7 heavy (non-hydrogen) atoms. The molecule has 0 bridgehead atoms. The Hall–Kier alpha value is -0.0900. The zero-order valence-electron chi connectivity index (χ0n) is 3.89. The van der Waals surface area contributed by atoms with Gasteiger partial charge in [-0.05, 0) is 7.05 Å². The highest BCUT2D eigenvalue weighted by molar-refractivity contribution is 9.07. The van der Waals surface area contributed by atoms with E-state index in [1.54, 1.807) is 7.05 Å². The van der Waals surface area contributed by atoms with Crippen LogP contribution < -0.4 is 0 Å². The number of hydrogen-bond donors (Lipinski definition) is 1. The van der Waals surface area contributed by atoms with Gasteiger partial charge in [0.15, 0.2) is 0 Å². The number of carbonyl (C=O) groups is 1. The Kier molecular flexibility index (Phi) is 2.95. The molecule has 0 fully saturated rings. The maximum atomic E-state index is 9.74. The molecule has 0 aliphatic rings. The van der Waals surface area contributed by atoms with E-state index in [1.165, 1.54) is 3.93 Å². The predicted octanol–water partition coefficient (Wildman–Crippen LogP) is 0.313. The molecule has 0 aromatic heterocycles. The summed E-state index contributed by atoms with van der Waals surface area (Å²) in [6.45, 7) is 0.0278. The van der Waals surface area contributed by atoms with Crippen molar-refractivity contribution in [1.82, 2.24) is 3.93 Å². The molecule has 3 nitrogen and oxygen atoms in total. The van der Waals surface area contributed by atoms with Gasteiger partial charge in [0.1, 0.15) is 6.54 Å². The van der Waals surface area contributed by atoms with Gasteiger partial charge in [0.05, 0.1) is 0 Å². The van der Waals surface area contributed by atoms with Crippen molar-refractivity contribution in [2.75, 3.05) is 13.6 Å². The molecular formula is C3H6BrNO2. The summed E-state index contributed by atoms with van der Waals surface area (Å²) in [7, 11) is 1.63. The second kappa shape index (κ2) is 2.98. The SMILES string of the molecule is CN(Br)CC(=O)O. The van der Waals surface area contributed by atoms with Crippen molar-refractivity contribution >= 4 is 22.1 Å². The minimum Gasteiger partial charge on any atom is -0.480 e. The summed E-state index contributed by atoms with van der Waals surface area (Å²) in [6.07, 6.45) is 0. The first-order chi connectivity index (χ1) is 3.13. The number of rotatable bonds is 2. The molecule has 0 aromatic carbocycles. The van der Waals surface area contributed by atoms with E-state index in [-0.39, 0.29) is 6.54 Å². The monoisotopic (exact) mass is 167 g/mol. The minimum atomic E-state index is -0.834. The van der Waals surface area contributed by atoms with Crippen molar-refractivity contribution in [3.63, 3.8) is 0 Å². The van der Waals surface area contributed by atoms with Crippen molar-refractivity contribution in [1.29, 1.82) is 0 Å². The highest BCUT2D eigenvalue weighted by Crippen LogP contribution is 1.87. The largest absolute Gasteiger partial charge is 0.480 e. The number of carboxylic acids is 1. The number of likely N-dealkylation sites (N-methyl/N-ethyl adjacent to an activating group) is 1. The fourth-order valence-electron chi connectivity index (χ4n) is 0.186. The van der Waals surface area contributed by atoms with Crippen molar-refractivity contribution < 1.29 is 9.90 Å². The number of halogens is 1. The average Bonchev–Trinajstić information content (AvgIpc) is 1.27. The molecule has 4 heteroatoms. The maximum Gasteiger partial charge on any atom is 0.318 e. The van der Waals surface area contributed by atoms with Crippen molar-refractivity contribution in [3.8, 4) is 0 Å². The molecule has 0 saturated heterocycles. The molecule has 0 radical (unpaired) electrons. The summed E-state index contributed by atoms with van der Waals surface area (Å²) in [5, 5.41) is 8.01. The van der Waals surface area contributed by atoms with E-state index in [0.29, 0.717) is 0 Å². The Bertz CT molecular complexity index is 73.3. The van der Waals surface area contributed by atoms with Crippen LogP contribution >= 0.6 is 16.1 Å². The summed E-state index contributed by atoms with van der Waals surface area (Å²) in [5.74, 6) is -0.834. The summed E-state index contributed by atoms with van der Waals surface area (Å²) in [4.78, 5) is 9.74. The van der Waals surface area contributed by atoms with E-state index in [2.05, 4.69) is 16.1 Å². The van der Waals surface area contributed by atoms with Gasteiger partial charge in [0.2, 0.25) is 0 Å². The van der Waals surface area contributed by atoms with Crippen molar-refractivity contribution in [2.24, 2.45) is 0 Å². The first-order valence-electron chi connectivity index (χ1n) is 1.71. The lowest BCUT2D eigenvalue weighted by atomic mass is 10.7. The first kappa shape index (κ1) is 6.91. The van der Waals surface area contributed by atoms with E-state index in [0.717, 1.165) is 0 Å². The zero-order chi connectivity index (χ0) is 5.86. The van der Waals surface area contributed by atoms with Crippen LogP contribution in [0.2, 0.25) is 0 Å². The fourth-order valence-corrected chi connectivity index (χ4v) is 0.401. The molecule has 0 aliphatic carbocycles. The Morgan fingerprint density at radius 1 is 2.00 bits per heavy atom. The van der Waals surface area contributed by atoms with Gasteiger partial charge in [0.25, 0.3) is 0 Å². The fraction of sp³-hybridized carbons (Fsp3) is 0.667. The van der Waals surface area contributed by atoms with E-state index in [9.17, 15) is 4.79 Å². The van der Waals surface area contributed by atoms with E-state index in [4.69, 9.17) is 5.11 Å². The second-order valence-corrected chi connectivity index (χ2v) is 2.37. The summed E-state index contributed by atoms with van der Waals surface area (Å²) >= 11 is 2.93. The molecule has 0 aliphatic heterocycles. The summed E-state index contributed by atoms with van der Waals surface area (Å²) < 4.78 is 1.41.